The molecule has 7 heteroatoms. The fourth-order valence-corrected chi connectivity index (χ4v) is 4.82. The summed E-state index contributed by atoms with van der Waals surface area (Å²) >= 11 is 0. The highest BCUT2D eigenvalue weighted by molar-refractivity contribution is 7.88. The van der Waals surface area contributed by atoms with Crippen LogP contribution in [-0.2, 0) is 21.2 Å². The standard InChI is InChI=1S/C22H28N2O4S/c1-16-11-12-18(17-8-5-4-6-9-17)14-19(16)15-21-20(23-29(3,26)27)10-7-13-24(21)22(25)28-2/h4-6,8-9,11-12,14,20-21,23H,7,10,13,15H2,1-3H3/t20-,21-/m1/s1. The second-order valence-corrected chi connectivity index (χ2v) is 9.36. The van der Waals surface area contributed by atoms with Gasteiger partial charge in [-0.1, -0.05) is 48.5 Å². The van der Waals surface area contributed by atoms with Gasteiger partial charge in [-0.15, -0.1) is 0 Å². The molecule has 0 saturated carbocycles. The molecule has 1 N–H and O–H groups in total. The number of amides is 1. The number of nitrogens with one attached hydrogen (secondary N) is 1. The third kappa shape index (κ3) is 5.36. The van der Waals surface area contributed by atoms with Crippen LogP contribution in [-0.4, -0.2) is 51.4 Å². The molecule has 6 nitrogen and oxygen atoms in total. The lowest BCUT2D eigenvalue weighted by Gasteiger charge is -2.40. The number of carbonyl (C=O) groups excluding carboxylic acids is 1. The summed E-state index contributed by atoms with van der Waals surface area (Å²) in [7, 11) is -2.04. The van der Waals surface area contributed by atoms with E-state index in [9.17, 15) is 13.2 Å². The van der Waals surface area contributed by atoms with Gasteiger partial charge >= 0.3 is 6.09 Å². The number of ether oxygens (including phenoxy) is 1. The molecule has 0 unspecified atom stereocenters. The summed E-state index contributed by atoms with van der Waals surface area (Å²) < 4.78 is 31.5. The number of hydrogen-bond acceptors (Lipinski definition) is 4. The Labute approximate surface area is 172 Å². The van der Waals surface area contributed by atoms with E-state index >= 15 is 0 Å². The molecule has 2 atom stereocenters. The molecule has 2 aromatic rings. The minimum absolute atomic E-state index is 0.310. The van der Waals surface area contributed by atoms with Crippen LogP contribution in [0.4, 0.5) is 4.79 Å². The van der Waals surface area contributed by atoms with Crippen molar-refractivity contribution >= 4 is 16.1 Å². The molecule has 29 heavy (non-hydrogen) atoms. The highest BCUT2D eigenvalue weighted by atomic mass is 32.2. The molecule has 1 saturated heterocycles. The summed E-state index contributed by atoms with van der Waals surface area (Å²) in [6.07, 6.45) is 2.69. The van der Waals surface area contributed by atoms with E-state index in [2.05, 4.69) is 35.1 Å². The Kier molecular flexibility index (Phi) is 6.59. The van der Waals surface area contributed by atoms with E-state index in [4.69, 9.17) is 4.74 Å². The third-order valence-corrected chi connectivity index (χ3v) is 6.17. The number of methoxy groups -OCH3 is 1. The highest BCUT2D eigenvalue weighted by Crippen LogP contribution is 2.27. The van der Waals surface area contributed by atoms with E-state index in [1.165, 1.54) is 7.11 Å². The van der Waals surface area contributed by atoms with Crippen molar-refractivity contribution in [1.29, 1.82) is 0 Å². The molecule has 0 radical (unpaired) electrons. The number of carbonyl (C=O) groups is 1. The summed E-state index contributed by atoms with van der Waals surface area (Å²) in [4.78, 5) is 14.0. The number of nitrogens with zero attached hydrogens (tertiary/aromatic N) is 1. The van der Waals surface area contributed by atoms with Gasteiger partial charge in [-0.3, -0.25) is 0 Å². The van der Waals surface area contributed by atoms with Crippen LogP contribution in [0.2, 0.25) is 0 Å². The summed E-state index contributed by atoms with van der Waals surface area (Å²) in [6, 6.07) is 15.7. The summed E-state index contributed by atoms with van der Waals surface area (Å²) in [5.41, 5.74) is 4.41. The molecule has 3 rings (SSSR count). The van der Waals surface area contributed by atoms with Gasteiger partial charge in [0.25, 0.3) is 0 Å². The second-order valence-electron chi connectivity index (χ2n) is 7.58. The van der Waals surface area contributed by atoms with Crippen molar-refractivity contribution in [3.05, 3.63) is 59.7 Å². The average molecular weight is 417 g/mol. The Morgan fingerprint density at radius 1 is 1.17 bits per heavy atom. The fraction of sp³-hybridized carbons (Fsp3) is 0.409. The average Bonchev–Trinajstić information content (AvgIpc) is 2.69. The summed E-state index contributed by atoms with van der Waals surface area (Å²) in [6.45, 7) is 2.59. The number of aryl methyl sites for hydroxylation is 1. The van der Waals surface area contributed by atoms with Gasteiger partial charge in [0.2, 0.25) is 10.0 Å². The van der Waals surface area contributed by atoms with Gasteiger partial charge in [-0.25, -0.2) is 17.9 Å². The van der Waals surface area contributed by atoms with Crippen LogP contribution in [0.1, 0.15) is 24.0 Å². The van der Waals surface area contributed by atoms with Crippen LogP contribution in [0.5, 0.6) is 0 Å². The van der Waals surface area contributed by atoms with Crippen molar-refractivity contribution < 1.29 is 17.9 Å². The lowest BCUT2D eigenvalue weighted by atomic mass is 9.89. The molecular formula is C22H28N2O4S. The highest BCUT2D eigenvalue weighted by Gasteiger charge is 2.36. The van der Waals surface area contributed by atoms with Gasteiger partial charge in [-0.05, 0) is 48.4 Å². The predicted octanol–water partition coefficient (Wildman–Crippen LogP) is 3.35. The van der Waals surface area contributed by atoms with Crippen LogP contribution in [0.15, 0.2) is 48.5 Å². The lowest BCUT2D eigenvalue weighted by molar-refractivity contribution is 0.0792. The quantitative estimate of drug-likeness (QED) is 0.811. The third-order valence-electron chi connectivity index (χ3n) is 5.44. The lowest BCUT2D eigenvalue weighted by Crippen LogP contribution is -2.57. The van der Waals surface area contributed by atoms with Crippen molar-refractivity contribution in [2.24, 2.45) is 0 Å². The van der Waals surface area contributed by atoms with Gasteiger partial charge in [0, 0.05) is 12.6 Å². The van der Waals surface area contributed by atoms with Crippen LogP contribution in [0.3, 0.4) is 0 Å². The van der Waals surface area contributed by atoms with Crippen molar-refractivity contribution in [2.75, 3.05) is 19.9 Å². The molecule has 1 fully saturated rings. The molecular weight excluding hydrogens is 388 g/mol. The Balaban J connectivity index is 1.95. The molecule has 1 heterocycles. The Morgan fingerprint density at radius 3 is 2.55 bits per heavy atom. The minimum Gasteiger partial charge on any atom is -0.453 e. The van der Waals surface area contributed by atoms with E-state index in [1.54, 1.807) is 4.90 Å². The minimum atomic E-state index is -3.39. The van der Waals surface area contributed by atoms with Crippen molar-refractivity contribution in [3.8, 4) is 11.1 Å². The normalized spacial score (nSPS) is 19.8. The first-order valence-corrected chi connectivity index (χ1v) is 11.6. The van der Waals surface area contributed by atoms with Crippen LogP contribution < -0.4 is 4.72 Å². The van der Waals surface area contributed by atoms with Gasteiger partial charge < -0.3 is 9.64 Å². The molecule has 2 aromatic carbocycles. The largest absolute Gasteiger partial charge is 0.453 e. The maximum atomic E-state index is 12.4. The maximum Gasteiger partial charge on any atom is 0.409 e. The first-order valence-electron chi connectivity index (χ1n) is 9.75. The van der Waals surface area contributed by atoms with Crippen LogP contribution in [0.25, 0.3) is 11.1 Å². The topological polar surface area (TPSA) is 75.7 Å². The molecule has 1 aliphatic rings. The smallest absolute Gasteiger partial charge is 0.409 e. The second kappa shape index (κ2) is 8.97. The van der Waals surface area contributed by atoms with Gasteiger partial charge in [0.1, 0.15) is 0 Å². The monoisotopic (exact) mass is 416 g/mol. The summed E-state index contributed by atoms with van der Waals surface area (Å²) in [5.74, 6) is 0. The van der Waals surface area contributed by atoms with E-state index in [1.807, 2.05) is 25.1 Å². The van der Waals surface area contributed by atoms with E-state index < -0.39 is 16.1 Å². The molecule has 0 aromatic heterocycles. The van der Waals surface area contributed by atoms with Gasteiger partial charge in [0.05, 0.1) is 19.4 Å². The van der Waals surface area contributed by atoms with Gasteiger partial charge in [0.15, 0.2) is 0 Å². The molecule has 1 aliphatic heterocycles. The molecule has 1 amide bonds. The predicted molar refractivity (Wildman–Crippen MR) is 114 cm³/mol. The van der Waals surface area contributed by atoms with Crippen molar-refractivity contribution in [1.82, 2.24) is 9.62 Å². The zero-order valence-corrected chi connectivity index (χ0v) is 17.9. The number of hydrogen-bond donors (Lipinski definition) is 1. The first-order chi connectivity index (χ1) is 13.8. The molecule has 0 bridgehead atoms. The number of rotatable bonds is 5. The van der Waals surface area contributed by atoms with Crippen LogP contribution in [0, 0.1) is 6.92 Å². The maximum absolute atomic E-state index is 12.4. The van der Waals surface area contributed by atoms with Crippen molar-refractivity contribution in [2.45, 2.75) is 38.3 Å². The Morgan fingerprint density at radius 2 is 1.90 bits per heavy atom. The number of sulfonamides is 1. The molecule has 156 valence electrons. The zero-order valence-electron chi connectivity index (χ0n) is 17.1. The number of benzene rings is 2. The van der Waals surface area contributed by atoms with E-state index in [0.717, 1.165) is 34.9 Å². The Hall–Kier alpha value is -2.38. The van der Waals surface area contributed by atoms with Gasteiger partial charge in [-0.2, -0.15) is 0 Å². The summed E-state index contributed by atoms with van der Waals surface area (Å²) in [5, 5.41) is 0. The first kappa shape index (κ1) is 21.3. The Bertz CT molecular complexity index is 960. The molecule has 0 spiro atoms. The van der Waals surface area contributed by atoms with Crippen molar-refractivity contribution in [3.63, 3.8) is 0 Å². The van der Waals surface area contributed by atoms with Crippen LogP contribution >= 0.6 is 0 Å². The zero-order chi connectivity index (χ0) is 21.0. The number of likely N-dealkylation sites (tertiary alicyclic amines) is 1. The fourth-order valence-electron chi connectivity index (χ4n) is 3.99. The van der Waals surface area contributed by atoms with E-state index in [-0.39, 0.29) is 12.1 Å². The SMILES string of the molecule is COC(=O)N1CCC[C@@H](NS(C)(=O)=O)[C@H]1Cc1cc(-c2ccccc2)ccc1C. The molecule has 0 aliphatic carbocycles. The van der Waals surface area contributed by atoms with E-state index in [0.29, 0.717) is 19.4 Å². The number of piperidine rings is 1.